The third-order valence-corrected chi connectivity index (χ3v) is 5.99. The summed E-state index contributed by atoms with van der Waals surface area (Å²) in [5.41, 5.74) is 2.45. The maximum atomic E-state index is 12.7. The molecule has 0 bridgehead atoms. The number of ether oxygens (including phenoxy) is 2. The molecule has 1 saturated heterocycles. The summed E-state index contributed by atoms with van der Waals surface area (Å²) in [5, 5.41) is 0. The fourth-order valence-electron chi connectivity index (χ4n) is 4.12. The molecule has 0 radical (unpaired) electrons. The Kier molecular flexibility index (Phi) is 7.40. The normalized spacial score (nSPS) is 17.1. The van der Waals surface area contributed by atoms with Gasteiger partial charge in [-0.25, -0.2) is 4.98 Å². The van der Waals surface area contributed by atoms with Crippen molar-refractivity contribution in [2.75, 3.05) is 24.6 Å². The molecular formula is C26H32N4O3. The molecule has 3 heterocycles. The minimum absolute atomic E-state index is 0.0941. The molecule has 0 spiro atoms. The highest BCUT2D eigenvalue weighted by molar-refractivity contribution is 5.59. The zero-order chi connectivity index (χ0) is 23.2. The van der Waals surface area contributed by atoms with Gasteiger partial charge in [0.1, 0.15) is 11.9 Å². The number of unbranched alkanes of at least 4 members (excludes halogenated alkanes) is 1. The van der Waals surface area contributed by atoms with E-state index in [-0.39, 0.29) is 17.8 Å². The van der Waals surface area contributed by atoms with Crippen molar-refractivity contribution in [3.05, 3.63) is 70.8 Å². The SMILES string of the molecule is CCCCC(C)Oc1ccccc1C1CN(c2nc(-c3ccncc3)cc(=O)n2C)CCO1. The van der Waals surface area contributed by atoms with Gasteiger partial charge < -0.3 is 14.4 Å². The van der Waals surface area contributed by atoms with E-state index >= 15 is 0 Å². The first-order chi connectivity index (χ1) is 16.1. The van der Waals surface area contributed by atoms with Gasteiger partial charge in [0.2, 0.25) is 5.95 Å². The van der Waals surface area contributed by atoms with E-state index in [0.717, 1.165) is 36.1 Å². The highest BCUT2D eigenvalue weighted by atomic mass is 16.5. The molecule has 7 nitrogen and oxygen atoms in total. The van der Waals surface area contributed by atoms with Crippen molar-refractivity contribution in [1.82, 2.24) is 14.5 Å². The number of aromatic nitrogens is 3. The first-order valence-electron chi connectivity index (χ1n) is 11.7. The molecule has 0 N–H and O–H groups in total. The lowest BCUT2D eigenvalue weighted by atomic mass is 10.1. The lowest BCUT2D eigenvalue weighted by Crippen LogP contribution is -2.41. The van der Waals surface area contributed by atoms with Crippen molar-refractivity contribution in [2.45, 2.75) is 45.3 Å². The summed E-state index contributed by atoms with van der Waals surface area (Å²) in [5.74, 6) is 1.50. The van der Waals surface area contributed by atoms with Gasteiger partial charge in [0.15, 0.2) is 0 Å². The molecule has 33 heavy (non-hydrogen) atoms. The largest absolute Gasteiger partial charge is 0.490 e. The molecule has 2 aromatic heterocycles. The predicted molar refractivity (Wildman–Crippen MR) is 130 cm³/mol. The molecule has 2 unspecified atom stereocenters. The second-order valence-corrected chi connectivity index (χ2v) is 8.49. The Hall–Kier alpha value is -3.19. The van der Waals surface area contributed by atoms with Crippen molar-refractivity contribution in [1.29, 1.82) is 0 Å². The van der Waals surface area contributed by atoms with E-state index < -0.39 is 0 Å². The van der Waals surface area contributed by atoms with Crippen LogP contribution in [0, 0.1) is 0 Å². The summed E-state index contributed by atoms with van der Waals surface area (Å²) in [4.78, 5) is 23.7. The zero-order valence-corrected chi connectivity index (χ0v) is 19.6. The first kappa shape index (κ1) is 23.0. The third kappa shape index (κ3) is 5.42. The molecule has 7 heteroatoms. The summed E-state index contributed by atoms with van der Waals surface area (Å²) in [6.07, 6.45) is 6.70. The van der Waals surface area contributed by atoms with Crippen LogP contribution in [0.15, 0.2) is 59.7 Å². The fraction of sp³-hybridized carbons (Fsp3) is 0.423. The maximum absolute atomic E-state index is 12.7. The summed E-state index contributed by atoms with van der Waals surface area (Å²) < 4.78 is 14.0. The Morgan fingerprint density at radius 3 is 2.79 bits per heavy atom. The van der Waals surface area contributed by atoms with Crippen LogP contribution in [0.4, 0.5) is 5.95 Å². The number of pyridine rings is 1. The van der Waals surface area contributed by atoms with Crippen LogP contribution in [0.2, 0.25) is 0 Å². The molecule has 3 aromatic rings. The molecular weight excluding hydrogens is 416 g/mol. The van der Waals surface area contributed by atoms with Gasteiger partial charge in [0.25, 0.3) is 5.56 Å². The zero-order valence-electron chi connectivity index (χ0n) is 19.6. The van der Waals surface area contributed by atoms with E-state index in [1.165, 1.54) is 0 Å². The fourth-order valence-corrected chi connectivity index (χ4v) is 4.12. The number of anilines is 1. The van der Waals surface area contributed by atoms with Crippen LogP contribution in [-0.2, 0) is 11.8 Å². The van der Waals surface area contributed by atoms with Gasteiger partial charge >= 0.3 is 0 Å². The van der Waals surface area contributed by atoms with Crippen molar-refractivity contribution in [3.63, 3.8) is 0 Å². The Bertz CT molecular complexity index is 1120. The summed E-state index contributed by atoms with van der Waals surface area (Å²) in [6.45, 7) is 6.09. The Morgan fingerprint density at radius 1 is 1.21 bits per heavy atom. The number of hydrogen-bond acceptors (Lipinski definition) is 6. The second-order valence-electron chi connectivity index (χ2n) is 8.49. The first-order valence-corrected chi connectivity index (χ1v) is 11.7. The summed E-state index contributed by atoms with van der Waals surface area (Å²) in [7, 11) is 1.76. The molecule has 2 atom stereocenters. The Morgan fingerprint density at radius 2 is 2.00 bits per heavy atom. The van der Waals surface area contributed by atoms with Crippen molar-refractivity contribution >= 4 is 5.95 Å². The van der Waals surface area contributed by atoms with E-state index in [9.17, 15) is 4.79 Å². The molecule has 0 aliphatic carbocycles. The smallest absolute Gasteiger partial charge is 0.255 e. The van der Waals surface area contributed by atoms with Crippen LogP contribution < -0.4 is 15.2 Å². The third-order valence-electron chi connectivity index (χ3n) is 5.99. The van der Waals surface area contributed by atoms with Crippen LogP contribution >= 0.6 is 0 Å². The van der Waals surface area contributed by atoms with E-state index in [1.54, 1.807) is 30.1 Å². The molecule has 0 amide bonds. The van der Waals surface area contributed by atoms with Crippen LogP contribution in [-0.4, -0.2) is 40.3 Å². The number of nitrogens with zero attached hydrogens (tertiary/aromatic N) is 4. The standard InChI is InChI=1S/C26H32N4O3/c1-4-5-8-19(2)33-23-10-7-6-9-21(23)24-18-30(15-16-32-24)26-28-22(17-25(31)29(26)3)20-11-13-27-14-12-20/h6-7,9-14,17,19,24H,4-5,8,15-16,18H2,1-3H3. The topological polar surface area (TPSA) is 69.5 Å². The van der Waals surface area contributed by atoms with Crippen LogP contribution in [0.1, 0.15) is 44.8 Å². The molecule has 174 valence electrons. The Balaban J connectivity index is 1.59. The van der Waals surface area contributed by atoms with Gasteiger partial charge in [-0.2, -0.15) is 0 Å². The highest BCUT2D eigenvalue weighted by Crippen LogP contribution is 2.32. The molecule has 1 fully saturated rings. The minimum atomic E-state index is -0.171. The Labute approximate surface area is 195 Å². The van der Waals surface area contributed by atoms with Gasteiger partial charge in [-0.15, -0.1) is 0 Å². The number of rotatable bonds is 8. The van der Waals surface area contributed by atoms with Crippen molar-refractivity contribution in [3.8, 4) is 17.0 Å². The summed E-state index contributed by atoms with van der Waals surface area (Å²) >= 11 is 0. The molecule has 0 saturated carbocycles. The number of benzene rings is 1. The van der Waals surface area contributed by atoms with Crippen LogP contribution in [0.25, 0.3) is 11.3 Å². The second kappa shape index (κ2) is 10.6. The summed E-state index contributed by atoms with van der Waals surface area (Å²) in [6, 6.07) is 13.4. The monoisotopic (exact) mass is 448 g/mol. The van der Waals surface area contributed by atoms with Gasteiger partial charge in [-0.3, -0.25) is 14.3 Å². The lowest BCUT2D eigenvalue weighted by Gasteiger charge is -2.35. The predicted octanol–water partition coefficient (Wildman–Crippen LogP) is 4.38. The highest BCUT2D eigenvalue weighted by Gasteiger charge is 2.27. The van der Waals surface area contributed by atoms with E-state index in [0.29, 0.717) is 31.3 Å². The van der Waals surface area contributed by atoms with E-state index in [1.807, 2.05) is 30.3 Å². The average Bonchev–Trinajstić information content (AvgIpc) is 2.85. The van der Waals surface area contributed by atoms with Gasteiger partial charge in [-0.05, 0) is 31.5 Å². The van der Waals surface area contributed by atoms with E-state index in [2.05, 4.69) is 29.8 Å². The maximum Gasteiger partial charge on any atom is 0.255 e. The van der Waals surface area contributed by atoms with Gasteiger partial charge in [0.05, 0.1) is 24.9 Å². The van der Waals surface area contributed by atoms with Crippen LogP contribution in [0.5, 0.6) is 5.75 Å². The van der Waals surface area contributed by atoms with Gasteiger partial charge in [0, 0.05) is 43.2 Å². The molecule has 1 aliphatic heterocycles. The lowest BCUT2D eigenvalue weighted by molar-refractivity contribution is 0.0360. The quantitative estimate of drug-likeness (QED) is 0.509. The molecule has 1 aliphatic rings. The van der Waals surface area contributed by atoms with Crippen molar-refractivity contribution < 1.29 is 9.47 Å². The molecule has 1 aromatic carbocycles. The average molecular weight is 449 g/mol. The number of hydrogen-bond donors (Lipinski definition) is 0. The minimum Gasteiger partial charge on any atom is -0.490 e. The van der Waals surface area contributed by atoms with E-state index in [4.69, 9.17) is 14.5 Å². The number of morpholine rings is 1. The number of para-hydroxylation sites is 1. The van der Waals surface area contributed by atoms with Gasteiger partial charge in [-0.1, -0.05) is 38.0 Å². The molecule has 4 rings (SSSR count). The van der Waals surface area contributed by atoms with Crippen molar-refractivity contribution in [2.24, 2.45) is 7.05 Å². The van der Waals surface area contributed by atoms with Crippen LogP contribution in [0.3, 0.4) is 0 Å².